The Morgan fingerprint density at radius 1 is 1.23 bits per heavy atom. The Morgan fingerprint density at radius 3 is 2.63 bits per heavy atom. The van der Waals surface area contributed by atoms with Gasteiger partial charge in [0.15, 0.2) is 11.5 Å². The first-order valence-electron chi connectivity index (χ1n) is 12.2. The van der Waals surface area contributed by atoms with Gasteiger partial charge in [0.2, 0.25) is 5.91 Å². The van der Waals surface area contributed by atoms with Gasteiger partial charge in [-0.2, -0.15) is 0 Å². The smallest absolute Gasteiger partial charge is 0.222 e. The average molecular weight is 500 g/mol. The van der Waals surface area contributed by atoms with Gasteiger partial charge in [0.05, 0.1) is 19.2 Å². The van der Waals surface area contributed by atoms with Crippen molar-refractivity contribution in [1.29, 1.82) is 0 Å². The van der Waals surface area contributed by atoms with Gasteiger partial charge >= 0.3 is 0 Å². The van der Waals surface area contributed by atoms with Crippen LogP contribution in [-0.2, 0) is 4.79 Å². The highest BCUT2D eigenvalue weighted by atomic mass is 35.5. The minimum absolute atomic E-state index is 0.214. The van der Waals surface area contributed by atoms with E-state index in [0.717, 1.165) is 49.9 Å². The SMILES string of the molecule is CC=C(C=C(C)Cl)Oc1ccnc2cc(OCCCC(=O)N3CCC4(CC3)CNC4)c(OC)cc12. The summed E-state index contributed by atoms with van der Waals surface area (Å²) in [7, 11) is 1.60. The van der Waals surface area contributed by atoms with Crippen molar-refractivity contribution in [2.24, 2.45) is 5.41 Å². The molecule has 2 aliphatic rings. The number of methoxy groups -OCH3 is 1. The Hall–Kier alpha value is -2.77. The molecule has 8 heteroatoms. The third-order valence-electron chi connectivity index (χ3n) is 6.81. The number of likely N-dealkylation sites (tertiary alicyclic amines) is 1. The van der Waals surface area contributed by atoms with Crippen molar-refractivity contribution >= 4 is 28.4 Å². The molecule has 0 aliphatic carbocycles. The Kier molecular flexibility index (Phi) is 8.19. The van der Waals surface area contributed by atoms with Gasteiger partial charge in [-0.25, -0.2) is 0 Å². The van der Waals surface area contributed by atoms with Gasteiger partial charge in [-0.05, 0) is 62.8 Å². The summed E-state index contributed by atoms with van der Waals surface area (Å²) in [6, 6.07) is 5.51. The third kappa shape index (κ3) is 6.08. The number of hydrogen-bond acceptors (Lipinski definition) is 6. The van der Waals surface area contributed by atoms with Crippen molar-refractivity contribution in [2.45, 2.75) is 39.5 Å². The molecule has 2 saturated heterocycles. The molecular formula is C27H34ClN3O4. The lowest BCUT2D eigenvalue weighted by Crippen LogP contribution is -2.58. The van der Waals surface area contributed by atoms with E-state index in [1.54, 1.807) is 32.4 Å². The zero-order valence-electron chi connectivity index (χ0n) is 20.7. The summed E-state index contributed by atoms with van der Waals surface area (Å²) >= 11 is 6.01. The number of amides is 1. The highest BCUT2D eigenvalue weighted by molar-refractivity contribution is 6.29. The van der Waals surface area contributed by atoms with Crippen LogP contribution < -0.4 is 19.5 Å². The summed E-state index contributed by atoms with van der Waals surface area (Å²) in [6.45, 7) is 8.04. The first-order chi connectivity index (χ1) is 16.9. The Labute approximate surface area is 212 Å². The second-order valence-corrected chi connectivity index (χ2v) is 9.89. The number of pyridine rings is 1. The number of halogens is 1. The summed E-state index contributed by atoms with van der Waals surface area (Å²) in [6.07, 6.45) is 8.64. The van der Waals surface area contributed by atoms with Crippen LogP contribution in [0.3, 0.4) is 0 Å². The minimum atomic E-state index is 0.214. The van der Waals surface area contributed by atoms with Crippen molar-refractivity contribution < 1.29 is 19.0 Å². The summed E-state index contributed by atoms with van der Waals surface area (Å²) in [5.41, 5.74) is 1.17. The molecule has 3 heterocycles. The van der Waals surface area contributed by atoms with Crippen LogP contribution in [0.5, 0.6) is 17.2 Å². The van der Waals surface area contributed by atoms with Crippen LogP contribution in [0.15, 0.2) is 47.3 Å². The highest BCUT2D eigenvalue weighted by Gasteiger charge is 2.40. The van der Waals surface area contributed by atoms with E-state index in [1.807, 2.05) is 30.0 Å². The minimum Gasteiger partial charge on any atom is -0.493 e. The quantitative estimate of drug-likeness (QED) is 0.296. The summed E-state index contributed by atoms with van der Waals surface area (Å²) in [4.78, 5) is 19.1. The van der Waals surface area contributed by atoms with Gasteiger partial charge in [0.1, 0.15) is 11.5 Å². The number of allylic oxidation sites excluding steroid dienone is 3. The summed E-state index contributed by atoms with van der Waals surface area (Å²) < 4.78 is 17.6. The van der Waals surface area contributed by atoms with Gasteiger partial charge in [-0.1, -0.05) is 11.6 Å². The largest absolute Gasteiger partial charge is 0.493 e. The van der Waals surface area contributed by atoms with Crippen LogP contribution >= 0.6 is 11.6 Å². The van der Waals surface area contributed by atoms with Crippen LogP contribution in [0.25, 0.3) is 10.9 Å². The van der Waals surface area contributed by atoms with Crippen LogP contribution in [0.4, 0.5) is 0 Å². The number of hydrogen-bond donors (Lipinski definition) is 1. The van der Waals surface area contributed by atoms with Crippen LogP contribution in [0.2, 0.25) is 0 Å². The van der Waals surface area contributed by atoms with E-state index in [2.05, 4.69) is 10.3 Å². The molecule has 2 fully saturated rings. The van der Waals surface area contributed by atoms with E-state index in [1.165, 1.54) is 0 Å². The van der Waals surface area contributed by atoms with Crippen molar-refractivity contribution in [2.75, 3.05) is 39.9 Å². The second kappa shape index (κ2) is 11.3. The molecule has 0 bridgehead atoms. The van der Waals surface area contributed by atoms with E-state index in [0.29, 0.717) is 52.9 Å². The lowest BCUT2D eigenvalue weighted by atomic mass is 9.73. The van der Waals surface area contributed by atoms with E-state index >= 15 is 0 Å². The monoisotopic (exact) mass is 499 g/mol. The molecule has 1 spiro atoms. The molecule has 0 radical (unpaired) electrons. The maximum absolute atomic E-state index is 12.6. The van der Waals surface area contributed by atoms with Crippen LogP contribution in [0, 0.1) is 5.41 Å². The summed E-state index contributed by atoms with van der Waals surface area (Å²) in [5.74, 6) is 2.68. The number of carbonyl (C=O) groups is 1. The Morgan fingerprint density at radius 2 is 2.00 bits per heavy atom. The molecule has 1 amide bonds. The number of aromatic nitrogens is 1. The molecule has 35 heavy (non-hydrogen) atoms. The number of carbonyl (C=O) groups excluding carboxylic acids is 1. The first kappa shape index (κ1) is 25.3. The lowest BCUT2D eigenvalue weighted by Gasteiger charge is -2.48. The van der Waals surface area contributed by atoms with Gasteiger partial charge in [-0.15, -0.1) is 0 Å². The van der Waals surface area contributed by atoms with E-state index in [9.17, 15) is 4.79 Å². The number of fused-ring (bicyclic) bond motifs is 1. The molecule has 2 aromatic rings. The Bertz CT molecular complexity index is 1110. The fourth-order valence-electron chi connectivity index (χ4n) is 4.61. The second-order valence-electron chi connectivity index (χ2n) is 9.29. The third-order valence-corrected chi connectivity index (χ3v) is 6.92. The number of nitrogens with one attached hydrogen (secondary N) is 1. The van der Waals surface area contributed by atoms with E-state index in [-0.39, 0.29) is 5.91 Å². The molecular weight excluding hydrogens is 466 g/mol. The van der Waals surface area contributed by atoms with E-state index < -0.39 is 0 Å². The maximum Gasteiger partial charge on any atom is 0.222 e. The first-order valence-corrected chi connectivity index (χ1v) is 12.6. The molecule has 1 N–H and O–H groups in total. The number of nitrogens with zero attached hydrogens (tertiary/aromatic N) is 2. The van der Waals surface area contributed by atoms with Gasteiger partial charge in [0, 0.05) is 55.3 Å². The van der Waals surface area contributed by atoms with Gasteiger partial charge in [-0.3, -0.25) is 9.78 Å². The average Bonchev–Trinajstić information content (AvgIpc) is 2.84. The molecule has 188 valence electrons. The lowest BCUT2D eigenvalue weighted by molar-refractivity contribution is -0.134. The normalized spacial score (nSPS) is 17.9. The fourth-order valence-corrected chi connectivity index (χ4v) is 4.72. The predicted molar refractivity (Wildman–Crippen MR) is 138 cm³/mol. The van der Waals surface area contributed by atoms with Crippen LogP contribution in [0.1, 0.15) is 39.5 Å². The number of piperidine rings is 1. The Balaban J connectivity index is 1.36. The predicted octanol–water partition coefficient (Wildman–Crippen LogP) is 5.04. The molecule has 1 aromatic heterocycles. The maximum atomic E-state index is 12.6. The standard InChI is InChI=1S/C27H34ClN3O4/c1-4-20(14-19(2)28)35-23-7-10-30-22-16-25(24(33-3)15-21(22)23)34-13-5-6-26(32)31-11-8-27(9-12-31)17-29-18-27/h4,7,10,14-16,29H,5-6,8-9,11-13,17-18H2,1-3H3. The van der Waals surface area contributed by atoms with Crippen molar-refractivity contribution in [3.05, 3.63) is 47.3 Å². The number of ether oxygens (including phenoxy) is 3. The summed E-state index contributed by atoms with van der Waals surface area (Å²) in [5, 5.41) is 4.79. The molecule has 2 aliphatic heterocycles. The van der Waals surface area contributed by atoms with Gasteiger partial charge in [0.25, 0.3) is 0 Å². The van der Waals surface area contributed by atoms with Crippen molar-refractivity contribution in [3.63, 3.8) is 0 Å². The molecule has 4 rings (SSSR count). The van der Waals surface area contributed by atoms with Crippen molar-refractivity contribution in [1.82, 2.24) is 15.2 Å². The zero-order valence-corrected chi connectivity index (χ0v) is 21.5. The topological polar surface area (TPSA) is 72.9 Å². The molecule has 1 aromatic carbocycles. The van der Waals surface area contributed by atoms with Gasteiger partial charge < -0.3 is 24.4 Å². The van der Waals surface area contributed by atoms with E-state index in [4.69, 9.17) is 25.8 Å². The fraction of sp³-hybridized carbons (Fsp3) is 0.481. The molecule has 0 atom stereocenters. The zero-order chi connectivity index (χ0) is 24.8. The van der Waals surface area contributed by atoms with Crippen molar-refractivity contribution in [3.8, 4) is 17.2 Å². The molecule has 0 saturated carbocycles. The molecule has 7 nitrogen and oxygen atoms in total. The number of rotatable bonds is 9. The number of benzene rings is 1. The molecule has 0 unspecified atom stereocenters. The highest BCUT2D eigenvalue weighted by Crippen LogP contribution is 2.37. The van der Waals surface area contributed by atoms with Crippen LogP contribution in [-0.4, -0.2) is 55.7 Å².